The molecule has 0 aliphatic carbocycles. The number of aryl methyl sites for hydroxylation is 1. The summed E-state index contributed by atoms with van der Waals surface area (Å²) in [5, 5.41) is 5.42. The van der Waals surface area contributed by atoms with E-state index in [-0.39, 0.29) is 17.5 Å². The maximum atomic E-state index is 12.5. The Labute approximate surface area is 151 Å². The van der Waals surface area contributed by atoms with Crippen LogP contribution in [-0.4, -0.2) is 25.8 Å². The molecule has 0 saturated carbocycles. The van der Waals surface area contributed by atoms with Crippen LogP contribution in [0.1, 0.15) is 18.9 Å². The van der Waals surface area contributed by atoms with E-state index in [9.17, 15) is 13.6 Å². The Kier molecular flexibility index (Phi) is 7.20. The zero-order chi connectivity index (χ0) is 18.9. The van der Waals surface area contributed by atoms with Gasteiger partial charge in [0.25, 0.3) is 0 Å². The van der Waals surface area contributed by atoms with Gasteiger partial charge in [-0.2, -0.15) is 8.78 Å². The van der Waals surface area contributed by atoms with Crippen LogP contribution in [0, 0.1) is 0 Å². The summed E-state index contributed by atoms with van der Waals surface area (Å²) in [4.78, 5) is 12.1. The van der Waals surface area contributed by atoms with Crippen molar-refractivity contribution in [3.8, 4) is 11.5 Å². The van der Waals surface area contributed by atoms with Gasteiger partial charge in [0, 0.05) is 17.8 Å². The summed E-state index contributed by atoms with van der Waals surface area (Å²) in [5.41, 5.74) is 1.53. The average Bonchev–Trinajstić information content (AvgIpc) is 2.60. The lowest BCUT2D eigenvalue weighted by Gasteiger charge is -2.16. The molecular weight excluding hydrogens is 342 g/mol. The molecule has 0 aliphatic heterocycles. The van der Waals surface area contributed by atoms with Gasteiger partial charge in [0.05, 0.1) is 7.11 Å². The van der Waals surface area contributed by atoms with Gasteiger partial charge in [-0.3, -0.25) is 0 Å². The van der Waals surface area contributed by atoms with Gasteiger partial charge in [-0.05, 0) is 37.5 Å². The summed E-state index contributed by atoms with van der Waals surface area (Å²) < 4.78 is 34.3. The molecule has 5 nitrogen and oxygen atoms in total. The normalized spacial score (nSPS) is 11.7. The highest BCUT2D eigenvalue weighted by atomic mass is 19.3. The molecule has 2 N–H and O–H groups in total. The zero-order valence-corrected chi connectivity index (χ0v) is 14.7. The molecule has 2 rings (SSSR count). The van der Waals surface area contributed by atoms with E-state index in [4.69, 9.17) is 4.74 Å². The van der Waals surface area contributed by atoms with E-state index < -0.39 is 12.6 Å². The Morgan fingerprint density at radius 1 is 1.12 bits per heavy atom. The van der Waals surface area contributed by atoms with Crippen molar-refractivity contribution in [2.24, 2.45) is 0 Å². The number of hydrogen-bond acceptors (Lipinski definition) is 3. The number of carbonyl (C=O) groups is 1. The SMILES string of the molecule is COc1ccc(NC(=O)N[C@@H](C)CCc2ccccc2)cc1OC(F)F. The van der Waals surface area contributed by atoms with Crippen LogP contribution >= 0.6 is 0 Å². The van der Waals surface area contributed by atoms with Crippen molar-refractivity contribution >= 4 is 11.7 Å². The van der Waals surface area contributed by atoms with E-state index in [1.165, 1.54) is 24.8 Å². The number of anilines is 1. The Balaban J connectivity index is 1.88. The number of alkyl halides is 2. The van der Waals surface area contributed by atoms with Crippen LogP contribution in [0.4, 0.5) is 19.3 Å². The number of methoxy groups -OCH3 is 1. The van der Waals surface area contributed by atoms with E-state index in [1.807, 2.05) is 37.3 Å². The number of nitrogens with one attached hydrogen (secondary N) is 2. The second kappa shape index (κ2) is 9.60. The molecule has 0 aromatic heterocycles. The molecule has 1 atom stereocenters. The van der Waals surface area contributed by atoms with E-state index >= 15 is 0 Å². The van der Waals surface area contributed by atoms with Crippen molar-refractivity contribution in [3.05, 3.63) is 54.1 Å². The second-order valence-corrected chi connectivity index (χ2v) is 5.77. The third-order valence-corrected chi connectivity index (χ3v) is 3.72. The highest BCUT2D eigenvalue weighted by Crippen LogP contribution is 2.31. The number of ether oxygens (including phenoxy) is 2. The van der Waals surface area contributed by atoms with Crippen molar-refractivity contribution < 1.29 is 23.0 Å². The molecule has 0 aliphatic rings. The van der Waals surface area contributed by atoms with Crippen molar-refractivity contribution in [3.63, 3.8) is 0 Å². The van der Waals surface area contributed by atoms with Crippen LogP contribution in [0.3, 0.4) is 0 Å². The van der Waals surface area contributed by atoms with Gasteiger partial charge in [0.2, 0.25) is 0 Å². The lowest BCUT2D eigenvalue weighted by molar-refractivity contribution is -0.0511. The van der Waals surface area contributed by atoms with E-state index in [2.05, 4.69) is 15.4 Å². The number of halogens is 2. The summed E-state index contributed by atoms with van der Waals surface area (Å²) in [6.45, 7) is -1.08. The van der Waals surface area contributed by atoms with Crippen LogP contribution < -0.4 is 20.1 Å². The number of carbonyl (C=O) groups excluding carboxylic acids is 1. The lowest BCUT2D eigenvalue weighted by Crippen LogP contribution is -2.36. The first-order valence-electron chi connectivity index (χ1n) is 8.22. The minimum atomic E-state index is -2.98. The molecule has 0 fully saturated rings. The van der Waals surface area contributed by atoms with Gasteiger partial charge in [0.1, 0.15) is 0 Å². The maximum absolute atomic E-state index is 12.5. The molecule has 0 heterocycles. The first-order chi connectivity index (χ1) is 12.5. The quantitative estimate of drug-likeness (QED) is 0.728. The van der Waals surface area contributed by atoms with Crippen LogP contribution in [-0.2, 0) is 6.42 Å². The van der Waals surface area contributed by atoms with Crippen LogP contribution in [0.5, 0.6) is 11.5 Å². The smallest absolute Gasteiger partial charge is 0.387 e. The Morgan fingerprint density at radius 3 is 2.50 bits per heavy atom. The van der Waals surface area contributed by atoms with E-state index in [1.54, 1.807) is 6.07 Å². The van der Waals surface area contributed by atoms with E-state index in [0.717, 1.165) is 12.8 Å². The summed E-state index contributed by atoms with van der Waals surface area (Å²) in [5.74, 6) is 0.0184. The van der Waals surface area contributed by atoms with Crippen molar-refractivity contribution in [1.82, 2.24) is 5.32 Å². The van der Waals surface area contributed by atoms with Crippen molar-refractivity contribution in [2.75, 3.05) is 12.4 Å². The minimum absolute atomic E-state index is 0.0507. The molecule has 0 spiro atoms. The molecule has 140 valence electrons. The second-order valence-electron chi connectivity index (χ2n) is 5.77. The fraction of sp³-hybridized carbons (Fsp3) is 0.316. The molecule has 7 heteroatoms. The molecular formula is C19H22F2N2O3. The van der Waals surface area contributed by atoms with Gasteiger partial charge < -0.3 is 20.1 Å². The monoisotopic (exact) mass is 364 g/mol. The van der Waals surface area contributed by atoms with Gasteiger partial charge in [-0.15, -0.1) is 0 Å². The highest BCUT2D eigenvalue weighted by molar-refractivity contribution is 5.89. The predicted octanol–water partition coefficient (Wildman–Crippen LogP) is 4.44. The fourth-order valence-electron chi connectivity index (χ4n) is 2.43. The first kappa shape index (κ1) is 19.5. The van der Waals surface area contributed by atoms with Crippen LogP contribution in [0.2, 0.25) is 0 Å². The molecule has 2 amide bonds. The topological polar surface area (TPSA) is 59.6 Å². The third kappa shape index (κ3) is 6.23. The summed E-state index contributed by atoms with van der Waals surface area (Å²) in [6, 6.07) is 13.8. The standard InChI is InChI=1S/C19H22F2N2O3/c1-13(8-9-14-6-4-3-5-7-14)22-19(24)23-15-10-11-16(25-2)17(12-15)26-18(20)21/h3-7,10-13,18H,8-9H2,1-2H3,(H2,22,23,24)/t13-/m0/s1. The number of rotatable bonds is 8. The van der Waals surface area contributed by atoms with Gasteiger partial charge >= 0.3 is 12.6 Å². The number of benzene rings is 2. The van der Waals surface area contributed by atoms with Gasteiger partial charge in [-0.1, -0.05) is 30.3 Å². The van der Waals surface area contributed by atoms with Crippen LogP contribution in [0.25, 0.3) is 0 Å². The molecule has 0 radical (unpaired) electrons. The Bertz CT molecular complexity index is 711. The summed E-state index contributed by atoms with van der Waals surface area (Å²) in [6.07, 6.45) is 1.62. The van der Waals surface area contributed by atoms with Gasteiger partial charge in [-0.25, -0.2) is 4.79 Å². The summed E-state index contributed by atoms with van der Waals surface area (Å²) >= 11 is 0. The van der Waals surface area contributed by atoms with Crippen molar-refractivity contribution in [1.29, 1.82) is 0 Å². The molecule has 2 aromatic rings. The van der Waals surface area contributed by atoms with Gasteiger partial charge in [0.15, 0.2) is 11.5 Å². The number of urea groups is 1. The Morgan fingerprint density at radius 2 is 1.85 bits per heavy atom. The Hall–Kier alpha value is -2.83. The third-order valence-electron chi connectivity index (χ3n) is 3.72. The predicted molar refractivity (Wildman–Crippen MR) is 96.0 cm³/mol. The number of hydrogen-bond donors (Lipinski definition) is 2. The average molecular weight is 364 g/mol. The molecule has 0 bridgehead atoms. The van der Waals surface area contributed by atoms with Crippen molar-refractivity contribution in [2.45, 2.75) is 32.4 Å². The fourth-order valence-corrected chi connectivity index (χ4v) is 2.43. The first-order valence-corrected chi connectivity index (χ1v) is 8.22. The summed E-state index contributed by atoms with van der Waals surface area (Å²) in [7, 11) is 1.35. The molecule has 26 heavy (non-hydrogen) atoms. The molecule has 0 saturated heterocycles. The van der Waals surface area contributed by atoms with Crippen LogP contribution in [0.15, 0.2) is 48.5 Å². The lowest BCUT2D eigenvalue weighted by atomic mass is 10.1. The molecule has 2 aromatic carbocycles. The molecule has 0 unspecified atom stereocenters. The maximum Gasteiger partial charge on any atom is 0.387 e. The minimum Gasteiger partial charge on any atom is -0.493 e. The van der Waals surface area contributed by atoms with E-state index in [0.29, 0.717) is 5.69 Å². The number of amides is 2. The highest BCUT2D eigenvalue weighted by Gasteiger charge is 2.13. The largest absolute Gasteiger partial charge is 0.493 e. The zero-order valence-electron chi connectivity index (χ0n) is 14.7.